The van der Waals surface area contributed by atoms with Gasteiger partial charge in [-0.3, -0.25) is 15.0 Å². The number of amides is 3. The average Bonchev–Trinajstić information content (AvgIpc) is 3.54. The summed E-state index contributed by atoms with van der Waals surface area (Å²) in [7, 11) is 1.80. The van der Waals surface area contributed by atoms with Crippen molar-refractivity contribution >= 4 is 28.8 Å². The maximum absolute atomic E-state index is 13.4. The van der Waals surface area contributed by atoms with Gasteiger partial charge in [0.1, 0.15) is 17.5 Å². The fraction of sp³-hybridized carbons (Fsp3) is 0.433. The zero-order valence-electron chi connectivity index (χ0n) is 23.6. The van der Waals surface area contributed by atoms with Crippen molar-refractivity contribution < 1.29 is 24.2 Å². The summed E-state index contributed by atoms with van der Waals surface area (Å²) in [6.45, 7) is 7.65. The number of carbonyl (C=O) groups excluding carboxylic acids is 3. The number of aromatic nitrogens is 1. The molecule has 3 aromatic rings. The summed E-state index contributed by atoms with van der Waals surface area (Å²) in [6.07, 6.45) is 1.87. The summed E-state index contributed by atoms with van der Waals surface area (Å²) in [5.41, 5.74) is 8.86. The number of fused-ring (bicyclic) bond motifs is 3. The molecule has 2 heterocycles. The molecule has 3 amide bonds. The van der Waals surface area contributed by atoms with Crippen molar-refractivity contribution in [3.05, 3.63) is 64.8 Å². The number of likely N-dealkylation sites (N-methyl/N-ethyl adjacent to an activating group) is 1. The van der Waals surface area contributed by atoms with Crippen molar-refractivity contribution in [3.63, 3.8) is 0 Å². The SMILES string of the molecule is CC(O)NNC(=O)c1ccc2c(c1)c1c(n2-c2ccc(CC3(NC(=O)OC(C)(C)C)CC3)cc2)C(=O)N(C)CC1. The van der Waals surface area contributed by atoms with E-state index in [4.69, 9.17) is 4.74 Å². The predicted octanol–water partition coefficient (Wildman–Crippen LogP) is 3.43. The van der Waals surface area contributed by atoms with E-state index >= 15 is 0 Å². The standard InChI is InChI=1S/C30H37N5O5/c1-18(36)32-33-26(37)20-8-11-24-23(16-20)22-12-15-34(5)27(38)25(22)35(24)21-9-6-19(7-10-21)17-30(13-14-30)31-28(39)40-29(2,3)4/h6-11,16,18,32,36H,12-15,17H2,1-5H3,(H,31,39)(H,33,37). The summed E-state index contributed by atoms with van der Waals surface area (Å²) in [5.74, 6) is -0.441. The molecule has 1 aromatic heterocycles. The van der Waals surface area contributed by atoms with Crippen molar-refractivity contribution in [3.8, 4) is 5.69 Å². The number of hydrazine groups is 1. The molecular formula is C30H37N5O5. The third-order valence-electron chi connectivity index (χ3n) is 7.33. The van der Waals surface area contributed by atoms with E-state index in [1.165, 1.54) is 6.92 Å². The van der Waals surface area contributed by atoms with Gasteiger partial charge in [-0.25, -0.2) is 10.2 Å². The van der Waals surface area contributed by atoms with Crippen molar-refractivity contribution in [1.29, 1.82) is 0 Å². The number of aliphatic hydroxyl groups excluding tert-OH is 1. The van der Waals surface area contributed by atoms with E-state index in [1.807, 2.05) is 55.7 Å². The van der Waals surface area contributed by atoms with E-state index in [2.05, 4.69) is 16.2 Å². The van der Waals surface area contributed by atoms with E-state index in [1.54, 1.807) is 24.1 Å². The van der Waals surface area contributed by atoms with Crippen LogP contribution < -0.4 is 16.2 Å². The molecule has 2 aromatic carbocycles. The van der Waals surface area contributed by atoms with Gasteiger partial charge >= 0.3 is 6.09 Å². The number of nitrogens with one attached hydrogen (secondary N) is 3. The van der Waals surface area contributed by atoms with Gasteiger partial charge in [-0.2, -0.15) is 0 Å². The van der Waals surface area contributed by atoms with Gasteiger partial charge in [-0.1, -0.05) is 12.1 Å². The zero-order chi connectivity index (χ0) is 28.8. The van der Waals surface area contributed by atoms with Gasteiger partial charge in [-0.15, -0.1) is 0 Å². The normalized spacial score (nSPS) is 16.9. The van der Waals surface area contributed by atoms with E-state index in [9.17, 15) is 19.5 Å². The van der Waals surface area contributed by atoms with Gasteiger partial charge in [0, 0.05) is 35.8 Å². The third kappa shape index (κ3) is 5.68. The fourth-order valence-corrected chi connectivity index (χ4v) is 5.22. The Kier molecular flexibility index (Phi) is 7.09. The topological polar surface area (TPSA) is 125 Å². The molecule has 1 unspecified atom stereocenters. The average molecular weight is 548 g/mol. The zero-order valence-corrected chi connectivity index (χ0v) is 23.6. The molecule has 1 saturated carbocycles. The number of ether oxygens (including phenoxy) is 1. The molecule has 212 valence electrons. The Hall–Kier alpha value is -3.89. The van der Waals surface area contributed by atoms with E-state index in [0.717, 1.165) is 40.6 Å². The molecule has 40 heavy (non-hydrogen) atoms. The molecule has 0 bridgehead atoms. The summed E-state index contributed by atoms with van der Waals surface area (Å²) in [4.78, 5) is 40.1. The lowest BCUT2D eigenvalue weighted by Crippen LogP contribution is -2.42. The number of hydrogen-bond donors (Lipinski definition) is 4. The number of aliphatic hydroxyl groups is 1. The molecule has 0 radical (unpaired) electrons. The largest absolute Gasteiger partial charge is 0.444 e. The van der Waals surface area contributed by atoms with Crippen LogP contribution in [0, 0.1) is 0 Å². The number of benzene rings is 2. The number of carbonyl (C=O) groups is 3. The first-order chi connectivity index (χ1) is 18.9. The van der Waals surface area contributed by atoms with Crippen LogP contribution in [0.15, 0.2) is 42.5 Å². The number of nitrogens with zero attached hydrogens (tertiary/aromatic N) is 2. The molecule has 4 N–H and O–H groups in total. The Morgan fingerprint density at radius 1 is 1.12 bits per heavy atom. The predicted molar refractivity (Wildman–Crippen MR) is 151 cm³/mol. The minimum atomic E-state index is -0.888. The monoisotopic (exact) mass is 547 g/mol. The molecule has 1 aliphatic heterocycles. The smallest absolute Gasteiger partial charge is 0.408 e. The number of alkyl carbamates (subject to hydrolysis) is 1. The van der Waals surface area contributed by atoms with Crippen LogP contribution in [0.25, 0.3) is 16.6 Å². The third-order valence-corrected chi connectivity index (χ3v) is 7.33. The Morgan fingerprint density at radius 3 is 2.45 bits per heavy atom. The Bertz CT molecular complexity index is 1460. The number of hydrogen-bond acceptors (Lipinski definition) is 6. The molecule has 5 rings (SSSR count). The second-order valence-corrected chi connectivity index (χ2v) is 11.9. The first-order valence-electron chi connectivity index (χ1n) is 13.6. The van der Waals surface area contributed by atoms with Crippen LogP contribution in [-0.4, -0.2) is 63.4 Å². The quantitative estimate of drug-likeness (QED) is 0.265. The molecule has 1 atom stereocenters. The van der Waals surface area contributed by atoms with Crippen molar-refractivity contribution in [1.82, 2.24) is 25.6 Å². The first kappa shape index (κ1) is 27.7. The van der Waals surface area contributed by atoms with E-state index in [0.29, 0.717) is 30.6 Å². The van der Waals surface area contributed by atoms with Crippen LogP contribution in [0.1, 0.15) is 72.5 Å². The Labute approximate surface area is 233 Å². The van der Waals surface area contributed by atoms with Crippen molar-refractivity contribution in [2.24, 2.45) is 0 Å². The molecule has 0 saturated heterocycles. The van der Waals surface area contributed by atoms with Crippen LogP contribution in [-0.2, 0) is 17.6 Å². The van der Waals surface area contributed by atoms with Crippen LogP contribution in [0.4, 0.5) is 4.79 Å². The highest BCUT2D eigenvalue weighted by molar-refractivity contribution is 6.06. The maximum atomic E-state index is 13.4. The highest BCUT2D eigenvalue weighted by atomic mass is 16.6. The van der Waals surface area contributed by atoms with Gasteiger partial charge in [0.25, 0.3) is 11.8 Å². The molecule has 10 heteroatoms. The highest BCUT2D eigenvalue weighted by Crippen LogP contribution is 2.39. The van der Waals surface area contributed by atoms with Crippen LogP contribution in [0.3, 0.4) is 0 Å². The minimum absolute atomic E-state index is 0.0678. The molecule has 10 nitrogen and oxygen atoms in total. The van der Waals surface area contributed by atoms with Gasteiger partial charge < -0.3 is 24.6 Å². The summed E-state index contributed by atoms with van der Waals surface area (Å²) >= 11 is 0. The van der Waals surface area contributed by atoms with Crippen LogP contribution in [0.2, 0.25) is 0 Å². The van der Waals surface area contributed by atoms with Crippen molar-refractivity contribution in [2.45, 2.75) is 70.7 Å². The maximum Gasteiger partial charge on any atom is 0.408 e. The molecule has 1 fully saturated rings. The van der Waals surface area contributed by atoms with Crippen LogP contribution in [0.5, 0.6) is 0 Å². The van der Waals surface area contributed by atoms with Gasteiger partial charge in [-0.05, 0) is 94.8 Å². The van der Waals surface area contributed by atoms with E-state index < -0.39 is 17.9 Å². The highest BCUT2D eigenvalue weighted by Gasteiger charge is 2.45. The summed E-state index contributed by atoms with van der Waals surface area (Å²) in [6, 6.07) is 13.4. The first-order valence-corrected chi connectivity index (χ1v) is 13.6. The van der Waals surface area contributed by atoms with Crippen LogP contribution >= 0.6 is 0 Å². The molecular weight excluding hydrogens is 510 g/mol. The van der Waals surface area contributed by atoms with E-state index in [-0.39, 0.29) is 17.4 Å². The Balaban J connectivity index is 1.45. The number of rotatable bonds is 7. The molecule has 0 spiro atoms. The summed E-state index contributed by atoms with van der Waals surface area (Å²) in [5, 5.41) is 13.3. The fourth-order valence-electron chi connectivity index (χ4n) is 5.22. The van der Waals surface area contributed by atoms with Gasteiger partial charge in [0.05, 0.1) is 5.52 Å². The lowest BCUT2D eigenvalue weighted by Gasteiger charge is -2.24. The molecule has 2 aliphatic rings. The minimum Gasteiger partial charge on any atom is -0.444 e. The van der Waals surface area contributed by atoms with Gasteiger partial charge in [0.15, 0.2) is 0 Å². The second-order valence-electron chi connectivity index (χ2n) is 11.9. The summed E-state index contributed by atoms with van der Waals surface area (Å²) < 4.78 is 7.42. The second kappa shape index (κ2) is 10.3. The molecule has 1 aliphatic carbocycles. The van der Waals surface area contributed by atoms with Gasteiger partial charge in [0.2, 0.25) is 0 Å². The Morgan fingerprint density at radius 2 is 1.82 bits per heavy atom. The van der Waals surface area contributed by atoms with Crippen molar-refractivity contribution in [2.75, 3.05) is 13.6 Å². The lowest BCUT2D eigenvalue weighted by atomic mass is 10.0. The lowest BCUT2D eigenvalue weighted by molar-refractivity contribution is 0.0496.